The molecule has 0 fully saturated rings. The number of carbonyl (C=O) groups excluding carboxylic acids is 3. The number of para-hydroxylation sites is 1. The van der Waals surface area contributed by atoms with Gasteiger partial charge in [0.15, 0.2) is 0 Å². The number of benzene rings is 2. The van der Waals surface area contributed by atoms with E-state index in [0.29, 0.717) is 23.7 Å². The van der Waals surface area contributed by atoms with Gasteiger partial charge in [-0.2, -0.15) is 0 Å². The summed E-state index contributed by atoms with van der Waals surface area (Å²) >= 11 is 0. The van der Waals surface area contributed by atoms with E-state index < -0.39 is 18.0 Å². The van der Waals surface area contributed by atoms with Crippen molar-refractivity contribution >= 4 is 29.3 Å². The Morgan fingerprint density at radius 2 is 1.78 bits per heavy atom. The van der Waals surface area contributed by atoms with Crippen LogP contribution in [0.25, 0.3) is 0 Å². The first kappa shape index (κ1) is 20.0. The Balaban J connectivity index is 2.04. The highest BCUT2D eigenvalue weighted by atomic mass is 16.5. The summed E-state index contributed by atoms with van der Waals surface area (Å²) in [6.07, 6.45) is 1.70. The Morgan fingerprint density at radius 1 is 1.00 bits per heavy atom. The third-order valence-electron chi connectivity index (χ3n) is 3.48. The second-order valence-electron chi connectivity index (χ2n) is 5.74. The van der Waals surface area contributed by atoms with Crippen molar-refractivity contribution in [1.82, 2.24) is 0 Å². The van der Waals surface area contributed by atoms with Crippen molar-refractivity contribution in [3.8, 4) is 5.75 Å². The van der Waals surface area contributed by atoms with Gasteiger partial charge in [-0.25, -0.2) is 9.59 Å². The highest BCUT2D eigenvalue weighted by molar-refractivity contribution is 6.05. The molecule has 0 unspecified atom stereocenters. The standard InChI is InChI=1S/C20H22N2O5/c1-3-4-12-26-19(24)17-10-5-6-11-18(17)22-20(25)21-15-8-7-9-16(13-15)27-14(2)23/h5-11,13H,3-4,12H2,1-2H3,(H2,21,22,25). The molecule has 0 aliphatic heterocycles. The SMILES string of the molecule is CCCCOC(=O)c1ccccc1NC(=O)Nc1cccc(OC(C)=O)c1. The summed E-state index contributed by atoms with van der Waals surface area (Å²) in [6.45, 7) is 3.63. The van der Waals surface area contributed by atoms with Crippen molar-refractivity contribution in [2.45, 2.75) is 26.7 Å². The lowest BCUT2D eigenvalue weighted by Crippen LogP contribution is -2.21. The van der Waals surface area contributed by atoms with Crippen LogP contribution in [0.15, 0.2) is 48.5 Å². The summed E-state index contributed by atoms with van der Waals surface area (Å²) in [7, 11) is 0. The van der Waals surface area contributed by atoms with Gasteiger partial charge in [0, 0.05) is 18.7 Å². The zero-order valence-corrected chi connectivity index (χ0v) is 15.3. The van der Waals surface area contributed by atoms with Gasteiger partial charge in [-0.05, 0) is 30.7 Å². The largest absolute Gasteiger partial charge is 0.462 e. The Hall–Kier alpha value is -3.35. The van der Waals surface area contributed by atoms with Crippen molar-refractivity contribution < 1.29 is 23.9 Å². The van der Waals surface area contributed by atoms with Crippen LogP contribution in [-0.4, -0.2) is 24.6 Å². The normalized spacial score (nSPS) is 10.0. The summed E-state index contributed by atoms with van der Waals surface area (Å²) in [4.78, 5) is 35.5. The third kappa shape index (κ3) is 6.47. The molecule has 7 heteroatoms. The lowest BCUT2D eigenvalue weighted by atomic mass is 10.2. The predicted molar refractivity (Wildman–Crippen MR) is 102 cm³/mol. The maximum Gasteiger partial charge on any atom is 0.340 e. The number of hydrogen-bond donors (Lipinski definition) is 2. The monoisotopic (exact) mass is 370 g/mol. The average Bonchev–Trinajstić information content (AvgIpc) is 2.62. The minimum atomic E-state index is -0.538. The molecule has 27 heavy (non-hydrogen) atoms. The fourth-order valence-corrected chi connectivity index (χ4v) is 2.25. The maximum absolute atomic E-state index is 12.3. The summed E-state index contributed by atoms with van der Waals surface area (Å²) in [5.74, 6) is -0.622. The van der Waals surface area contributed by atoms with E-state index in [1.165, 1.54) is 13.0 Å². The fourth-order valence-electron chi connectivity index (χ4n) is 2.25. The van der Waals surface area contributed by atoms with Crippen LogP contribution in [0.2, 0.25) is 0 Å². The molecule has 0 aromatic heterocycles. The number of carbonyl (C=O) groups is 3. The van der Waals surface area contributed by atoms with E-state index in [2.05, 4.69) is 10.6 Å². The molecule has 2 aromatic carbocycles. The second kappa shape index (κ2) is 9.96. The van der Waals surface area contributed by atoms with Gasteiger partial charge in [0.1, 0.15) is 5.75 Å². The zero-order chi connectivity index (χ0) is 19.6. The van der Waals surface area contributed by atoms with Crippen molar-refractivity contribution in [1.29, 1.82) is 0 Å². The summed E-state index contributed by atoms with van der Waals surface area (Å²) in [5.41, 5.74) is 1.05. The molecule has 0 aliphatic rings. The van der Waals surface area contributed by atoms with Gasteiger partial charge in [-0.1, -0.05) is 31.5 Å². The molecule has 0 bridgehead atoms. The van der Waals surface area contributed by atoms with E-state index in [0.717, 1.165) is 12.8 Å². The van der Waals surface area contributed by atoms with E-state index in [1.54, 1.807) is 42.5 Å². The van der Waals surface area contributed by atoms with Gasteiger partial charge in [0.2, 0.25) is 0 Å². The molecule has 7 nitrogen and oxygen atoms in total. The quantitative estimate of drug-likeness (QED) is 0.432. The molecule has 0 heterocycles. The Morgan fingerprint density at radius 3 is 2.52 bits per heavy atom. The molecule has 2 N–H and O–H groups in total. The molecule has 2 rings (SSSR count). The van der Waals surface area contributed by atoms with Crippen LogP contribution in [0.4, 0.5) is 16.2 Å². The fraction of sp³-hybridized carbons (Fsp3) is 0.250. The van der Waals surface area contributed by atoms with Crippen LogP contribution in [0, 0.1) is 0 Å². The van der Waals surface area contributed by atoms with Crippen molar-refractivity contribution in [2.24, 2.45) is 0 Å². The van der Waals surface area contributed by atoms with Crippen molar-refractivity contribution in [3.05, 3.63) is 54.1 Å². The van der Waals surface area contributed by atoms with Gasteiger partial charge in [0.25, 0.3) is 0 Å². The first-order valence-electron chi connectivity index (χ1n) is 8.62. The Kier molecular flexibility index (Phi) is 7.37. The van der Waals surface area contributed by atoms with Gasteiger partial charge >= 0.3 is 18.0 Å². The average molecular weight is 370 g/mol. The molecule has 0 saturated heterocycles. The van der Waals surface area contributed by atoms with E-state index in [4.69, 9.17) is 9.47 Å². The van der Waals surface area contributed by atoms with Gasteiger partial charge in [0.05, 0.1) is 17.9 Å². The summed E-state index contributed by atoms with van der Waals surface area (Å²) in [6, 6.07) is 12.5. The number of esters is 2. The second-order valence-corrected chi connectivity index (χ2v) is 5.74. The highest BCUT2D eigenvalue weighted by Crippen LogP contribution is 2.19. The van der Waals surface area contributed by atoms with Crippen molar-refractivity contribution in [2.75, 3.05) is 17.2 Å². The van der Waals surface area contributed by atoms with E-state index in [-0.39, 0.29) is 5.56 Å². The number of ether oxygens (including phenoxy) is 2. The lowest BCUT2D eigenvalue weighted by Gasteiger charge is -2.12. The first-order valence-corrected chi connectivity index (χ1v) is 8.62. The number of anilines is 2. The van der Waals surface area contributed by atoms with Crippen LogP contribution in [0.3, 0.4) is 0 Å². The first-order chi connectivity index (χ1) is 13.0. The molecule has 0 radical (unpaired) electrons. The van der Waals surface area contributed by atoms with Gasteiger partial charge in [-0.3, -0.25) is 4.79 Å². The maximum atomic E-state index is 12.3. The molecule has 0 saturated carbocycles. The van der Waals surface area contributed by atoms with Crippen LogP contribution in [0.5, 0.6) is 5.75 Å². The van der Waals surface area contributed by atoms with E-state index >= 15 is 0 Å². The minimum Gasteiger partial charge on any atom is -0.462 e. The third-order valence-corrected chi connectivity index (χ3v) is 3.48. The predicted octanol–water partition coefficient (Wildman–Crippen LogP) is 4.21. The molecule has 0 spiro atoms. The van der Waals surface area contributed by atoms with Gasteiger partial charge < -0.3 is 20.1 Å². The smallest absolute Gasteiger partial charge is 0.340 e. The molecule has 2 amide bonds. The van der Waals surface area contributed by atoms with E-state index in [9.17, 15) is 14.4 Å². The van der Waals surface area contributed by atoms with Gasteiger partial charge in [-0.15, -0.1) is 0 Å². The summed E-state index contributed by atoms with van der Waals surface area (Å²) < 4.78 is 10.2. The minimum absolute atomic E-state index is 0.275. The zero-order valence-electron chi connectivity index (χ0n) is 15.3. The number of rotatable bonds is 7. The van der Waals surface area contributed by atoms with Crippen molar-refractivity contribution in [3.63, 3.8) is 0 Å². The molecular formula is C20H22N2O5. The Labute approximate surface area is 157 Å². The number of hydrogen-bond acceptors (Lipinski definition) is 5. The lowest BCUT2D eigenvalue weighted by molar-refractivity contribution is -0.131. The van der Waals surface area contributed by atoms with Crippen LogP contribution in [0.1, 0.15) is 37.0 Å². The number of urea groups is 1. The molecular weight excluding hydrogens is 348 g/mol. The highest BCUT2D eigenvalue weighted by Gasteiger charge is 2.14. The Bertz CT molecular complexity index is 820. The topological polar surface area (TPSA) is 93.7 Å². The number of amides is 2. The number of unbranched alkanes of at least 4 members (excludes halogenated alkanes) is 1. The molecule has 142 valence electrons. The summed E-state index contributed by atoms with van der Waals surface area (Å²) in [5, 5.41) is 5.26. The van der Waals surface area contributed by atoms with Crippen LogP contribution < -0.4 is 15.4 Å². The molecule has 0 atom stereocenters. The van der Waals surface area contributed by atoms with E-state index in [1.807, 2.05) is 6.92 Å². The number of nitrogens with one attached hydrogen (secondary N) is 2. The van der Waals surface area contributed by atoms with Crippen LogP contribution in [-0.2, 0) is 9.53 Å². The molecule has 0 aliphatic carbocycles. The van der Waals surface area contributed by atoms with Crippen LogP contribution >= 0.6 is 0 Å². The molecule has 2 aromatic rings.